The molecular formula is C13H29ClN2O7. The largest absolute Gasteiger partial charge is 0.394 e. The first-order valence-corrected chi connectivity index (χ1v) is 7.14. The molecule has 0 saturated carbocycles. The van der Waals surface area contributed by atoms with Gasteiger partial charge in [0.1, 0.15) is 18.3 Å². The second kappa shape index (κ2) is 11.9. The first kappa shape index (κ1) is 24.7. The van der Waals surface area contributed by atoms with E-state index in [2.05, 4.69) is 10.6 Å². The van der Waals surface area contributed by atoms with Crippen LogP contribution in [0.25, 0.3) is 0 Å². The average molecular weight is 361 g/mol. The summed E-state index contributed by atoms with van der Waals surface area (Å²) in [6.07, 6.45) is -6.77. The fourth-order valence-corrected chi connectivity index (χ4v) is 1.60. The highest BCUT2D eigenvalue weighted by Crippen LogP contribution is 2.05. The van der Waals surface area contributed by atoms with Crippen molar-refractivity contribution in [2.45, 2.75) is 50.3 Å². The lowest BCUT2D eigenvalue weighted by atomic mass is 10.0. The fraction of sp³-hybridized carbons (Fsp3) is 0.923. The van der Waals surface area contributed by atoms with Crippen molar-refractivity contribution in [3.05, 3.63) is 0 Å². The molecule has 0 saturated heterocycles. The Morgan fingerprint density at radius 1 is 1.09 bits per heavy atom. The van der Waals surface area contributed by atoms with E-state index in [4.69, 9.17) is 10.2 Å². The van der Waals surface area contributed by atoms with Crippen molar-refractivity contribution in [3.8, 4) is 0 Å². The number of hydrogen-bond acceptors (Lipinski definition) is 8. The summed E-state index contributed by atoms with van der Waals surface area (Å²) in [6.45, 7) is 3.67. The van der Waals surface area contributed by atoms with Crippen LogP contribution in [0.15, 0.2) is 0 Å². The van der Waals surface area contributed by atoms with Crippen LogP contribution in [0, 0.1) is 0 Å². The van der Waals surface area contributed by atoms with E-state index in [-0.39, 0.29) is 19.0 Å². The van der Waals surface area contributed by atoms with Crippen molar-refractivity contribution >= 4 is 18.3 Å². The minimum Gasteiger partial charge on any atom is -0.394 e. The van der Waals surface area contributed by atoms with Crippen molar-refractivity contribution in [3.63, 3.8) is 0 Å². The molecule has 8 N–H and O–H groups in total. The van der Waals surface area contributed by atoms with Gasteiger partial charge in [-0.15, -0.1) is 12.4 Å². The number of hydrogen-bond donors (Lipinski definition) is 8. The molecule has 0 aromatic rings. The fourth-order valence-electron chi connectivity index (χ4n) is 1.60. The Bertz CT molecular complexity index is 328. The van der Waals surface area contributed by atoms with Gasteiger partial charge in [-0.3, -0.25) is 4.79 Å². The van der Waals surface area contributed by atoms with Gasteiger partial charge >= 0.3 is 0 Å². The summed E-state index contributed by atoms with van der Waals surface area (Å²) in [5, 5.41) is 61.0. The monoisotopic (exact) mass is 360 g/mol. The lowest BCUT2D eigenvalue weighted by Gasteiger charge is -2.25. The molecule has 140 valence electrons. The van der Waals surface area contributed by atoms with Crippen molar-refractivity contribution in [1.29, 1.82) is 0 Å². The number of halogens is 1. The second-order valence-corrected chi connectivity index (χ2v) is 5.81. The highest BCUT2D eigenvalue weighted by molar-refractivity contribution is 5.85. The third-order valence-corrected chi connectivity index (χ3v) is 2.91. The molecule has 0 fully saturated rings. The molecule has 0 spiro atoms. The van der Waals surface area contributed by atoms with Gasteiger partial charge in [0, 0.05) is 13.1 Å². The highest BCUT2D eigenvalue weighted by atomic mass is 35.5. The van der Waals surface area contributed by atoms with Crippen molar-refractivity contribution in [2.75, 3.05) is 26.2 Å². The van der Waals surface area contributed by atoms with E-state index in [0.29, 0.717) is 19.5 Å². The number of amides is 1. The van der Waals surface area contributed by atoms with Gasteiger partial charge in [0.05, 0.1) is 12.2 Å². The first-order chi connectivity index (χ1) is 10.1. The molecule has 0 bridgehead atoms. The topological polar surface area (TPSA) is 163 Å². The van der Waals surface area contributed by atoms with E-state index >= 15 is 0 Å². The third-order valence-electron chi connectivity index (χ3n) is 2.91. The smallest absolute Gasteiger partial charge is 0.251 e. The van der Waals surface area contributed by atoms with Crippen LogP contribution in [0.3, 0.4) is 0 Å². The Labute approximate surface area is 141 Å². The molecule has 0 aromatic heterocycles. The van der Waals surface area contributed by atoms with E-state index in [0.717, 1.165) is 0 Å². The Hall–Kier alpha value is -0.520. The number of carbonyl (C=O) groups is 1. The van der Waals surface area contributed by atoms with Crippen molar-refractivity contribution < 1.29 is 35.4 Å². The SMILES string of the molecule is CC(C)(O)CNCCCNC(=O)[C@H](O)[C@@H](O)[C@H](O)[C@H](O)CO.Cl. The Morgan fingerprint density at radius 2 is 1.65 bits per heavy atom. The number of nitrogens with one attached hydrogen (secondary N) is 2. The molecule has 0 aliphatic heterocycles. The second-order valence-electron chi connectivity index (χ2n) is 5.81. The number of aliphatic hydroxyl groups excluding tert-OH is 5. The molecule has 0 aromatic carbocycles. The normalized spacial score (nSPS) is 16.9. The number of aliphatic hydroxyl groups is 6. The van der Waals surface area contributed by atoms with Crippen LogP contribution in [0.5, 0.6) is 0 Å². The Balaban J connectivity index is 0. The van der Waals surface area contributed by atoms with Crippen molar-refractivity contribution in [1.82, 2.24) is 10.6 Å². The summed E-state index contributed by atoms with van der Waals surface area (Å²) in [5.41, 5.74) is -0.826. The summed E-state index contributed by atoms with van der Waals surface area (Å²) in [5.74, 6) is -0.890. The molecule has 9 nitrogen and oxygen atoms in total. The van der Waals surface area contributed by atoms with E-state index in [1.165, 1.54) is 0 Å². The summed E-state index contributed by atoms with van der Waals surface area (Å²) < 4.78 is 0. The zero-order valence-corrected chi connectivity index (χ0v) is 14.2. The van der Waals surface area contributed by atoms with Crippen LogP contribution in [-0.4, -0.2) is 92.8 Å². The Kier molecular flexibility index (Phi) is 12.8. The maximum Gasteiger partial charge on any atom is 0.251 e. The third kappa shape index (κ3) is 10.8. The van der Waals surface area contributed by atoms with Gasteiger partial charge in [0.2, 0.25) is 0 Å². The molecular weight excluding hydrogens is 332 g/mol. The van der Waals surface area contributed by atoms with Crippen LogP contribution in [0.4, 0.5) is 0 Å². The van der Waals surface area contributed by atoms with E-state index in [9.17, 15) is 25.2 Å². The van der Waals surface area contributed by atoms with E-state index < -0.39 is 42.5 Å². The van der Waals surface area contributed by atoms with Crippen LogP contribution >= 0.6 is 12.4 Å². The van der Waals surface area contributed by atoms with Crippen molar-refractivity contribution in [2.24, 2.45) is 0 Å². The maximum absolute atomic E-state index is 11.6. The molecule has 23 heavy (non-hydrogen) atoms. The minimum absolute atomic E-state index is 0. The summed E-state index contributed by atoms with van der Waals surface area (Å²) in [4.78, 5) is 11.6. The molecule has 0 aliphatic carbocycles. The zero-order valence-electron chi connectivity index (χ0n) is 13.3. The molecule has 4 atom stereocenters. The van der Waals surface area contributed by atoms with Crippen LogP contribution < -0.4 is 10.6 Å². The van der Waals surface area contributed by atoms with Crippen LogP contribution in [0.2, 0.25) is 0 Å². The standard InChI is InChI=1S/C13H28N2O7.ClH/c1-13(2,22)7-14-4-3-5-15-12(21)11(20)10(19)9(18)8(17)6-16;/h8-11,14,16-20,22H,3-7H2,1-2H3,(H,15,21);1H/t8-,9-,10+,11-;/m1./s1. The number of rotatable bonds is 11. The predicted molar refractivity (Wildman–Crippen MR) is 85.2 cm³/mol. The summed E-state index contributed by atoms with van der Waals surface area (Å²) in [6, 6.07) is 0. The molecule has 1 amide bonds. The zero-order chi connectivity index (χ0) is 17.3. The van der Waals surface area contributed by atoms with Gasteiger partial charge in [-0.05, 0) is 26.8 Å². The average Bonchev–Trinajstić information content (AvgIpc) is 2.46. The minimum atomic E-state index is -1.92. The van der Waals surface area contributed by atoms with Gasteiger partial charge < -0.3 is 41.3 Å². The number of carbonyl (C=O) groups excluding carboxylic acids is 1. The van der Waals surface area contributed by atoms with Crippen LogP contribution in [-0.2, 0) is 4.79 Å². The van der Waals surface area contributed by atoms with Crippen LogP contribution in [0.1, 0.15) is 20.3 Å². The van der Waals surface area contributed by atoms with E-state index in [1.807, 2.05) is 0 Å². The predicted octanol–water partition coefficient (Wildman–Crippen LogP) is -3.29. The lowest BCUT2D eigenvalue weighted by molar-refractivity contribution is -0.148. The summed E-state index contributed by atoms with van der Waals surface area (Å²) in [7, 11) is 0. The highest BCUT2D eigenvalue weighted by Gasteiger charge is 2.33. The van der Waals surface area contributed by atoms with Gasteiger partial charge in [-0.1, -0.05) is 0 Å². The maximum atomic E-state index is 11.6. The summed E-state index contributed by atoms with van der Waals surface area (Å²) >= 11 is 0. The van der Waals surface area contributed by atoms with Gasteiger partial charge in [-0.25, -0.2) is 0 Å². The molecule has 10 heteroatoms. The van der Waals surface area contributed by atoms with Gasteiger partial charge in [0.25, 0.3) is 5.91 Å². The molecule has 0 heterocycles. The lowest BCUT2D eigenvalue weighted by Crippen LogP contribution is -2.51. The van der Waals surface area contributed by atoms with E-state index in [1.54, 1.807) is 13.8 Å². The van der Waals surface area contributed by atoms with Gasteiger partial charge in [0.15, 0.2) is 6.10 Å². The quantitative estimate of drug-likeness (QED) is 0.178. The molecule has 0 unspecified atom stereocenters. The molecule has 0 radical (unpaired) electrons. The van der Waals surface area contributed by atoms with Gasteiger partial charge in [-0.2, -0.15) is 0 Å². The first-order valence-electron chi connectivity index (χ1n) is 7.14. The molecule has 0 rings (SSSR count). The molecule has 0 aliphatic rings. The Morgan fingerprint density at radius 3 is 2.13 bits per heavy atom.